The van der Waals surface area contributed by atoms with Crippen LogP contribution in [0.3, 0.4) is 0 Å². The van der Waals surface area contributed by atoms with Crippen LogP contribution in [0.4, 0.5) is 0 Å². The van der Waals surface area contributed by atoms with Crippen molar-refractivity contribution in [1.82, 2.24) is 4.90 Å². The Labute approximate surface area is 98.2 Å². The number of benzene rings is 1. The molecule has 0 amide bonds. The molecule has 1 saturated heterocycles. The summed E-state index contributed by atoms with van der Waals surface area (Å²) in [5, 5.41) is 0. The molecule has 0 unspecified atom stereocenters. The lowest BCUT2D eigenvalue weighted by Crippen LogP contribution is -2.33. The van der Waals surface area contributed by atoms with E-state index in [0.717, 1.165) is 12.5 Å². The predicted molar refractivity (Wildman–Crippen MR) is 66.8 cm³/mol. The topological polar surface area (TPSA) is 12.5 Å². The highest BCUT2D eigenvalue weighted by Gasteiger charge is 2.11. The molecular formula is C14H21NO. The third-order valence-electron chi connectivity index (χ3n) is 3.25. The van der Waals surface area contributed by atoms with Gasteiger partial charge in [-0.3, -0.25) is 4.90 Å². The second kappa shape index (κ2) is 5.35. The van der Waals surface area contributed by atoms with Crippen molar-refractivity contribution >= 4 is 0 Å². The van der Waals surface area contributed by atoms with Gasteiger partial charge in [0.25, 0.3) is 0 Å². The molecule has 16 heavy (non-hydrogen) atoms. The van der Waals surface area contributed by atoms with E-state index in [2.05, 4.69) is 36.9 Å². The van der Waals surface area contributed by atoms with Crippen LogP contribution in [0.5, 0.6) is 5.75 Å². The number of nitrogens with zero attached hydrogens (tertiary/aromatic N) is 1. The van der Waals surface area contributed by atoms with E-state index < -0.39 is 0 Å². The van der Waals surface area contributed by atoms with Crippen LogP contribution in [0.2, 0.25) is 0 Å². The van der Waals surface area contributed by atoms with Gasteiger partial charge in [-0.1, -0.05) is 24.6 Å². The quantitative estimate of drug-likeness (QED) is 0.774. The SMILES string of the molecule is Cc1cccc(C)c1OCN1CCCCC1. The highest BCUT2D eigenvalue weighted by molar-refractivity contribution is 5.39. The summed E-state index contributed by atoms with van der Waals surface area (Å²) in [5.41, 5.74) is 2.47. The van der Waals surface area contributed by atoms with Gasteiger partial charge in [-0.15, -0.1) is 0 Å². The molecule has 0 saturated carbocycles. The number of piperidine rings is 1. The molecule has 1 heterocycles. The monoisotopic (exact) mass is 219 g/mol. The van der Waals surface area contributed by atoms with Gasteiger partial charge in [-0.2, -0.15) is 0 Å². The molecule has 1 aliphatic rings. The van der Waals surface area contributed by atoms with Crippen molar-refractivity contribution in [1.29, 1.82) is 0 Å². The first-order chi connectivity index (χ1) is 7.77. The van der Waals surface area contributed by atoms with Crippen LogP contribution >= 0.6 is 0 Å². The molecule has 0 bridgehead atoms. The third-order valence-corrected chi connectivity index (χ3v) is 3.25. The first-order valence-corrected chi connectivity index (χ1v) is 6.19. The van der Waals surface area contributed by atoms with E-state index in [-0.39, 0.29) is 0 Å². The number of hydrogen-bond acceptors (Lipinski definition) is 2. The highest BCUT2D eigenvalue weighted by atomic mass is 16.5. The lowest BCUT2D eigenvalue weighted by molar-refractivity contribution is 0.105. The van der Waals surface area contributed by atoms with Crippen molar-refractivity contribution in [2.45, 2.75) is 33.1 Å². The molecule has 0 spiro atoms. The van der Waals surface area contributed by atoms with Crippen LogP contribution in [-0.4, -0.2) is 24.7 Å². The number of ether oxygens (including phenoxy) is 1. The summed E-state index contributed by atoms with van der Waals surface area (Å²) >= 11 is 0. The molecule has 2 heteroatoms. The van der Waals surface area contributed by atoms with Crippen LogP contribution in [0.25, 0.3) is 0 Å². The Balaban J connectivity index is 1.93. The summed E-state index contributed by atoms with van der Waals surface area (Å²) in [4.78, 5) is 2.40. The minimum absolute atomic E-state index is 0.742. The van der Waals surface area contributed by atoms with Crippen LogP contribution in [0.15, 0.2) is 18.2 Å². The Morgan fingerprint density at radius 2 is 1.69 bits per heavy atom. The van der Waals surface area contributed by atoms with Gasteiger partial charge in [0, 0.05) is 13.1 Å². The minimum Gasteiger partial charge on any atom is -0.478 e. The Bertz CT molecular complexity index is 322. The van der Waals surface area contributed by atoms with Crippen molar-refractivity contribution < 1.29 is 4.74 Å². The maximum absolute atomic E-state index is 5.93. The summed E-state index contributed by atoms with van der Waals surface area (Å²) in [7, 11) is 0. The second-order valence-corrected chi connectivity index (χ2v) is 4.67. The van der Waals surface area contributed by atoms with Crippen molar-refractivity contribution in [2.75, 3.05) is 19.8 Å². The predicted octanol–water partition coefficient (Wildman–Crippen LogP) is 3.13. The summed E-state index contributed by atoms with van der Waals surface area (Å²) < 4.78 is 5.93. The zero-order valence-corrected chi connectivity index (χ0v) is 10.3. The van der Waals surface area contributed by atoms with Crippen molar-refractivity contribution in [3.05, 3.63) is 29.3 Å². The molecule has 1 aliphatic heterocycles. The zero-order chi connectivity index (χ0) is 11.4. The maximum Gasteiger partial charge on any atom is 0.142 e. The van der Waals surface area contributed by atoms with Crippen molar-refractivity contribution in [3.8, 4) is 5.75 Å². The molecule has 2 rings (SSSR count). The van der Waals surface area contributed by atoms with E-state index in [4.69, 9.17) is 4.74 Å². The lowest BCUT2D eigenvalue weighted by atomic mass is 10.1. The van der Waals surface area contributed by atoms with Gasteiger partial charge in [-0.25, -0.2) is 0 Å². The van der Waals surface area contributed by atoms with E-state index in [1.807, 2.05) is 0 Å². The van der Waals surface area contributed by atoms with Gasteiger partial charge in [0.15, 0.2) is 0 Å². The summed E-state index contributed by atoms with van der Waals surface area (Å²) in [6.45, 7) is 7.33. The number of para-hydroxylation sites is 1. The summed E-state index contributed by atoms with van der Waals surface area (Å²) in [6, 6.07) is 6.30. The second-order valence-electron chi connectivity index (χ2n) is 4.67. The number of likely N-dealkylation sites (tertiary alicyclic amines) is 1. The van der Waals surface area contributed by atoms with Crippen LogP contribution in [0.1, 0.15) is 30.4 Å². The van der Waals surface area contributed by atoms with Gasteiger partial charge in [0.05, 0.1) is 0 Å². The number of aryl methyl sites for hydroxylation is 2. The molecular weight excluding hydrogens is 198 g/mol. The first kappa shape index (κ1) is 11.5. The van der Waals surface area contributed by atoms with Crippen LogP contribution in [0, 0.1) is 13.8 Å². The molecule has 0 atom stereocenters. The van der Waals surface area contributed by atoms with E-state index in [1.165, 1.54) is 43.5 Å². The van der Waals surface area contributed by atoms with E-state index >= 15 is 0 Å². The van der Waals surface area contributed by atoms with Crippen LogP contribution in [-0.2, 0) is 0 Å². The zero-order valence-electron chi connectivity index (χ0n) is 10.3. The van der Waals surface area contributed by atoms with E-state index in [0.29, 0.717) is 0 Å². The Morgan fingerprint density at radius 1 is 1.06 bits per heavy atom. The van der Waals surface area contributed by atoms with Gasteiger partial charge in [-0.05, 0) is 37.8 Å². The molecule has 1 fully saturated rings. The third kappa shape index (κ3) is 2.76. The molecule has 0 N–H and O–H groups in total. The fraction of sp³-hybridized carbons (Fsp3) is 0.571. The molecule has 0 radical (unpaired) electrons. The Hall–Kier alpha value is -1.02. The van der Waals surface area contributed by atoms with E-state index in [1.54, 1.807) is 0 Å². The van der Waals surface area contributed by atoms with Gasteiger partial charge in [0.2, 0.25) is 0 Å². The van der Waals surface area contributed by atoms with Crippen LogP contribution < -0.4 is 4.74 Å². The first-order valence-electron chi connectivity index (χ1n) is 6.19. The highest BCUT2D eigenvalue weighted by Crippen LogP contribution is 2.22. The van der Waals surface area contributed by atoms with E-state index in [9.17, 15) is 0 Å². The van der Waals surface area contributed by atoms with Crippen molar-refractivity contribution in [3.63, 3.8) is 0 Å². The molecule has 88 valence electrons. The fourth-order valence-electron chi connectivity index (χ4n) is 2.27. The van der Waals surface area contributed by atoms with Gasteiger partial charge < -0.3 is 4.74 Å². The van der Waals surface area contributed by atoms with Crippen molar-refractivity contribution in [2.24, 2.45) is 0 Å². The minimum atomic E-state index is 0.742. The van der Waals surface area contributed by atoms with Gasteiger partial charge >= 0.3 is 0 Å². The maximum atomic E-state index is 5.93. The molecule has 1 aromatic carbocycles. The normalized spacial score (nSPS) is 17.4. The standard InChI is InChI=1S/C14H21NO/c1-12-7-6-8-13(2)14(12)16-11-15-9-4-3-5-10-15/h6-8H,3-5,9-11H2,1-2H3. The average Bonchev–Trinajstić information content (AvgIpc) is 2.30. The average molecular weight is 219 g/mol. The summed E-state index contributed by atoms with van der Waals surface area (Å²) in [6.07, 6.45) is 4.01. The Kier molecular flexibility index (Phi) is 3.83. The molecule has 2 nitrogen and oxygen atoms in total. The lowest BCUT2D eigenvalue weighted by Gasteiger charge is -2.26. The number of hydrogen-bond donors (Lipinski definition) is 0. The molecule has 1 aromatic rings. The number of rotatable bonds is 3. The largest absolute Gasteiger partial charge is 0.478 e. The van der Waals surface area contributed by atoms with Gasteiger partial charge in [0.1, 0.15) is 12.5 Å². The Morgan fingerprint density at radius 3 is 2.31 bits per heavy atom. The fourth-order valence-corrected chi connectivity index (χ4v) is 2.27. The summed E-state index contributed by atoms with van der Waals surface area (Å²) in [5.74, 6) is 1.06. The smallest absolute Gasteiger partial charge is 0.142 e. The molecule has 0 aromatic heterocycles. The molecule has 0 aliphatic carbocycles.